The van der Waals surface area contributed by atoms with E-state index in [0.717, 1.165) is 38.5 Å². The topological polar surface area (TPSA) is 83.5 Å². The van der Waals surface area contributed by atoms with Crippen molar-refractivity contribution in [3.63, 3.8) is 0 Å². The zero-order valence-corrected chi connectivity index (χ0v) is 16.3. The summed E-state index contributed by atoms with van der Waals surface area (Å²) in [6, 6.07) is 0. The molecule has 0 saturated carbocycles. The van der Waals surface area contributed by atoms with Gasteiger partial charge in [0.15, 0.2) is 6.29 Å². The Morgan fingerprint density at radius 2 is 1.33 bits per heavy atom. The van der Waals surface area contributed by atoms with Crippen LogP contribution in [0.5, 0.6) is 0 Å². The first-order valence-electron chi connectivity index (χ1n) is 8.98. The van der Waals surface area contributed by atoms with E-state index in [9.17, 15) is 9.46 Å². The largest absolute Gasteiger partial charge is 0.472 e. The fraction of sp³-hybridized carbons (Fsp3) is 1.00. The van der Waals surface area contributed by atoms with Gasteiger partial charge in [0.25, 0.3) is 0 Å². The molecule has 8 heteroatoms. The lowest BCUT2D eigenvalue weighted by atomic mass is 10.3. The van der Waals surface area contributed by atoms with E-state index in [-0.39, 0.29) is 19.8 Å². The molecule has 0 bridgehead atoms. The van der Waals surface area contributed by atoms with Gasteiger partial charge in [0, 0.05) is 19.8 Å². The van der Waals surface area contributed by atoms with Crippen LogP contribution in [-0.4, -0.2) is 50.8 Å². The maximum atomic E-state index is 11.8. The summed E-state index contributed by atoms with van der Waals surface area (Å²) < 4.78 is 38.0. The van der Waals surface area contributed by atoms with E-state index in [4.69, 9.17) is 23.3 Å². The van der Waals surface area contributed by atoms with Crippen LogP contribution < -0.4 is 0 Å². The molecule has 0 fully saturated rings. The Morgan fingerprint density at radius 1 is 0.792 bits per heavy atom. The zero-order chi connectivity index (χ0) is 18.1. The molecule has 7 nitrogen and oxygen atoms in total. The molecule has 0 aromatic heterocycles. The van der Waals surface area contributed by atoms with Crippen molar-refractivity contribution in [3.05, 3.63) is 0 Å². The van der Waals surface area contributed by atoms with E-state index in [1.165, 1.54) is 0 Å². The van der Waals surface area contributed by atoms with Gasteiger partial charge in [0.2, 0.25) is 0 Å². The van der Waals surface area contributed by atoms with Crippen molar-refractivity contribution in [2.24, 2.45) is 0 Å². The summed E-state index contributed by atoms with van der Waals surface area (Å²) in [5.74, 6) is 0. The Hall–Kier alpha value is -0.0100. The van der Waals surface area contributed by atoms with Crippen molar-refractivity contribution in [1.29, 1.82) is 0 Å². The second-order valence-electron chi connectivity index (χ2n) is 5.44. The smallest absolute Gasteiger partial charge is 0.379 e. The third-order valence-corrected chi connectivity index (χ3v) is 4.09. The van der Waals surface area contributed by atoms with Gasteiger partial charge < -0.3 is 19.1 Å². The minimum atomic E-state index is -4.12. The lowest BCUT2D eigenvalue weighted by Gasteiger charge is -2.20. The molecule has 0 amide bonds. The van der Waals surface area contributed by atoms with E-state index < -0.39 is 14.1 Å². The maximum absolute atomic E-state index is 11.8. The van der Waals surface area contributed by atoms with Crippen LogP contribution >= 0.6 is 7.82 Å². The summed E-state index contributed by atoms with van der Waals surface area (Å²) in [6.45, 7) is 7.99. The van der Waals surface area contributed by atoms with Gasteiger partial charge in [-0.15, -0.1) is 0 Å². The third-order valence-electron chi connectivity index (χ3n) is 3.10. The lowest BCUT2D eigenvalue weighted by Crippen LogP contribution is -2.24. The number of hydrogen-bond acceptors (Lipinski definition) is 6. The highest BCUT2D eigenvalue weighted by Crippen LogP contribution is 2.43. The molecule has 0 spiro atoms. The molecule has 0 rings (SSSR count). The number of unbranched alkanes of at least 4 members (excludes halogenated alkanes) is 3. The highest BCUT2D eigenvalue weighted by atomic mass is 31.2. The highest BCUT2D eigenvalue weighted by molar-refractivity contribution is 7.47. The average Bonchev–Trinajstić information content (AvgIpc) is 2.55. The molecule has 146 valence electrons. The lowest BCUT2D eigenvalue weighted by molar-refractivity contribution is -0.162. The molecule has 0 radical (unpaired) electrons. The van der Waals surface area contributed by atoms with Crippen molar-refractivity contribution in [3.8, 4) is 0 Å². The second-order valence-corrected chi connectivity index (χ2v) is 6.90. The summed E-state index contributed by atoms with van der Waals surface area (Å²) in [4.78, 5) is 9.65. The zero-order valence-electron chi connectivity index (χ0n) is 15.4. The van der Waals surface area contributed by atoms with Gasteiger partial charge in [-0.2, -0.15) is 0 Å². The normalized spacial score (nSPS) is 14.2. The van der Waals surface area contributed by atoms with Gasteiger partial charge in [-0.1, -0.05) is 40.0 Å². The quantitative estimate of drug-likeness (QED) is 0.223. The minimum absolute atomic E-state index is 0.00947. The van der Waals surface area contributed by atoms with E-state index >= 15 is 0 Å². The molecule has 0 aromatic rings. The summed E-state index contributed by atoms with van der Waals surface area (Å²) in [5.41, 5.74) is 0. The molecule has 0 aromatic carbocycles. The third kappa shape index (κ3) is 15.5. The van der Waals surface area contributed by atoms with Crippen LogP contribution in [0.4, 0.5) is 0 Å². The molecule has 0 aliphatic rings. The molecule has 0 heterocycles. The maximum Gasteiger partial charge on any atom is 0.472 e. The van der Waals surface area contributed by atoms with Crippen molar-refractivity contribution in [2.75, 3.05) is 39.6 Å². The molecule has 0 saturated heterocycles. The Morgan fingerprint density at radius 3 is 1.88 bits per heavy atom. The monoisotopic (exact) mass is 370 g/mol. The fourth-order valence-electron chi connectivity index (χ4n) is 1.61. The van der Waals surface area contributed by atoms with Crippen LogP contribution in [0.15, 0.2) is 0 Å². The van der Waals surface area contributed by atoms with Crippen molar-refractivity contribution < 1.29 is 32.7 Å². The number of rotatable bonds is 18. The minimum Gasteiger partial charge on any atom is -0.379 e. The SMILES string of the molecule is CCCCOCCOP(=O)(O)OCC(OCCCC)OCCCC. The molecule has 0 aliphatic carbocycles. The van der Waals surface area contributed by atoms with Gasteiger partial charge in [-0.05, 0) is 19.3 Å². The molecular weight excluding hydrogens is 335 g/mol. The molecule has 0 aliphatic heterocycles. The number of ether oxygens (including phenoxy) is 3. The first kappa shape index (κ1) is 24.0. The van der Waals surface area contributed by atoms with Crippen LogP contribution in [0.3, 0.4) is 0 Å². The highest BCUT2D eigenvalue weighted by Gasteiger charge is 2.23. The van der Waals surface area contributed by atoms with Crippen LogP contribution in [0, 0.1) is 0 Å². The van der Waals surface area contributed by atoms with Gasteiger partial charge in [-0.3, -0.25) is 9.05 Å². The molecule has 1 atom stereocenters. The number of phosphoric acid groups is 1. The predicted octanol–water partition coefficient (Wildman–Crippen LogP) is 3.90. The van der Waals surface area contributed by atoms with Crippen LogP contribution in [0.1, 0.15) is 59.3 Å². The van der Waals surface area contributed by atoms with E-state index in [0.29, 0.717) is 19.8 Å². The van der Waals surface area contributed by atoms with Crippen LogP contribution in [0.2, 0.25) is 0 Å². The van der Waals surface area contributed by atoms with Gasteiger partial charge in [0.1, 0.15) is 6.61 Å². The Bertz CT molecular complexity index is 305. The predicted molar refractivity (Wildman–Crippen MR) is 93.0 cm³/mol. The molecule has 1 N–H and O–H groups in total. The molecule has 1 unspecified atom stereocenters. The first-order valence-corrected chi connectivity index (χ1v) is 10.5. The summed E-state index contributed by atoms with van der Waals surface area (Å²) in [5, 5.41) is 0. The Kier molecular flexibility index (Phi) is 16.5. The van der Waals surface area contributed by atoms with Crippen LogP contribution in [0.25, 0.3) is 0 Å². The second kappa shape index (κ2) is 16.5. The van der Waals surface area contributed by atoms with Crippen molar-refractivity contribution >= 4 is 7.82 Å². The van der Waals surface area contributed by atoms with E-state index in [1.54, 1.807) is 0 Å². The van der Waals surface area contributed by atoms with Crippen molar-refractivity contribution in [1.82, 2.24) is 0 Å². The first-order chi connectivity index (χ1) is 11.6. The van der Waals surface area contributed by atoms with Crippen molar-refractivity contribution in [2.45, 2.75) is 65.6 Å². The molecule has 24 heavy (non-hydrogen) atoms. The van der Waals surface area contributed by atoms with E-state index in [1.807, 2.05) is 0 Å². The summed E-state index contributed by atoms with van der Waals surface area (Å²) in [7, 11) is -4.12. The number of phosphoric ester groups is 1. The van der Waals surface area contributed by atoms with Gasteiger partial charge in [0.05, 0.1) is 13.2 Å². The van der Waals surface area contributed by atoms with Gasteiger partial charge in [-0.25, -0.2) is 4.57 Å². The standard InChI is InChI=1S/C16H35O7P/c1-4-7-10-19-13-14-22-24(17,18)23-15-16(20-11-8-5-2)21-12-9-6-3/h16H,4-15H2,1-3H3,(H,17,18). The number of hydrogen-bond donors (Lipinski definition) is 1. The van der Waals surface area contributed by atoms with E-state index in [2.05, 4.69) is 20.8 Å². The molecular formula is C16H35O7P. The van der Waals surface area contributed by atoms with Gasteiger partial charge >= 0.3 is 7.82 Å². The Balaban J connectivity index is 4.00. The summed E-state index contributed by atoms with van der Waals surface area (Å²) in [6.07, 6.45) is 5.14. The van der Waals surface area contributed by atoms with Crippen LogP contribution in [-0.2, 0) is 27.8 Å². The average molecular weight is 370 g/mol. The fourth-order valence-corrected chi connectivity index (χ4v) is 2.30. The Labute approximate surface area is 146 Å². The summed E-state index contributed by atoms with van der Waals surface area (Å²) >= 11 is 0.